The van der Waals surface area contributed by atoms with Crippen LogP contribution in [0.4, 0.5) is 0 Å². The molecule has 80 valence electrons. The predicted octanol–water partition coefficient (Wildman–Crippen LogP) is 2.96. The van der Waals surface area contributed by atoms with Crippen molar-refractivity contribution in [2.75, 3.05) is 0 Å². The molecule has 2 heteroatoms. The summed E-state index contributed by atoms with van der Waals surface area (Å²) in [6, 6.07) is 8.58. The van der Waals surface area contributed by atoms with Crippen LogP contribution in [0.3, 0.4) is 0 Å². The van der Waals surface area contributed by atoms with Crippen LogP contribution in [-0.4, -0.2) is 11.1 Å². The van der Waals surface area contributed by atoms with Gasteiger partial charge in [0.25, 0.3) is 0 Å². The lowest BCUT2D eigenvalue weighted by Gasteiger charge is -2.34. The first kappa shape index (κ1) is 10.2. The van der Waals surface area contributed by atoms with E-state index in [-0.39, 0.29) is 0 Å². The number of carboxylic acids is 1. The van der Waals surface area contributed by atoms with E-state index in [9.17, 15) is 4.79 Å². The lowest BCUT2D eigenvalue weighted by Crippen LogP contribution is -2.24. The molecule has 0 aliphatic heterocycles. The van der Waals surface area contributed by atoms with Gasteiger partial charge in [0.1, 0.15) is 0 Å². The Morgan fingerprint density at radius 1 is 1.33 bits per heavy atom. The summed E-state index contributed by atoms with van der Waals surface area (Å²) in [5, 5.41) is 8.64. The number of aliphatic carboxylic acids is 1. The fourth-order valence-corrected chi connectivity index (χ4v) is 2.26. The quantitative estimate of drug-likeness (QED) is 0.821. The van der Waals surface area contributed by atoms with Gasteiger partial charge in [0.05, 0.1) is 0 Å². The SMILES string of the molecule is Cc1ccc(C2CC(CC(=O)O)C2)cc1. The molecule has 1 N–H and O–H groups in total. The largest absolute Gasteiger partial charge is 0.481 e. The molecule has 1 fully saturated rings. The van der Waals surface area contributed by atoms with Crippen LogP contribution in [-0.2, 0) is 4.79 Å². The zero-order chi connectivity index (χ0) is 10.8. The second kappa shape index (κ2) is 4.05. The average molecular weight is 204 g/mol. The molecule has 1 saturated carbocycles. The molecule has 0 bridgehead atoms. The number of carboxylic acid groups (broad SMARTS) is 1. The lowest BCUT2D eigenvalue weighted by atomic mass is 9.70. The summed E-state index contributed by atoms with van der Waals surface area (Å²) in [7, 11) is 0. The maximum Gasteiger partial charge on any atom is 0.303 e. The summed E-state index contributed by atoms with van der Waals surface area (Å²) in [6.45, 7) is 2.08. The van der Waals surface area contributed by atoms with Crippen molar-refractivity contribution >= 4 is 5.97 Å². The minimum absolute atomic E-state index is 0.336. The molecule has 0 heterocycles. The van der Waals surface area contributed by atoms with Crippen LogP contribution in [0.2, 0.25) is 0 Å². The fraction of sp³-hybridized carbons (Fsp3) is 0.462. The number of rotatable bonds is 3. The molecule has 0 saturated heterocycles. The molecule has 0 atom stereocenters. The van der Waals surface area contributed by atoms with E-state index in [4.69, 9.17) is 5.11 Å². The molecule has 0 spiro atoms. The van der Waals surface area contributed by atoms with Gasteiger partial charge in [-0.3, -0.25) is 4.79 Å². The highest BCUT2D eigenvalue weighted by molar-refractivity contribution is 5.67. The van der Waals surface area contributed by atoms with Crippen LogP contribution < -0.4 is 0 Å². The summed E-state index contributed by atoms with van der Waals surface area (Å²) in [4.78, 5) is 10.5. The van der Waals surface area contributed by atoms with E-state index in [1.807, 2.05) is 0 Å². The summed E-state index contributed by atoms with van der Waals surface area (Å²) in [6.07, 6.45) is 2.41. The Balaban J connectivity index is 1.89. The smallest absolute Gasteiger partial charge is 0.303 e. The van der Waals surface area contributed by atoms with Gasteiger partial charge in [-0.2, -0.15) is 0 Å². The molecule has 2 nitrogen and oxygen atoms in total. The number of hydrogen-bond acceptors (Lipinski definition) is 1. The highest BCUT2D eigenvalue weighted by Crippen LogP contribution is 2.43. The average Bonchev–Trinajstić information content (AvgIpc) is 2.12. The van der Waals surface area contributed by atoms with Gasteiger partial charge in [-0.05, 0) is 37.2 Å². The number of hydrogen-bond donors (Lipinski definition) is 1. The summed E-state index contributed by atoms with van der Waals surface area (Å²) in [5.41, 5.74) is 2.64. The Labute approximate surface area is 89.9 Å². The molecule has 0 aromatic heterocycles. The van der Waals surface area contributed by atoms with E-state index in [0.717, 1.165) is 12.8 Å². The van der Waals surface area contributed by atoms with E-state index >= 15 is 0 Å². The van der Waals surface area contributed by atoms with Crippen LogP contribution in [0.5, 0.6) is 0 Å². The Morgan fingerprint density at radius 3 is 2.47 bits per heavy atom. The third kappa shape index (κ3) is 2.38. The van der Waals surface area contributed by atoms with Crippen molar-refractivity contribution in [2.45, 2.75) is 32.1 Å². The van der Waals surface area contributed by atoms with Crippen molar-refractivity contribution in [2.24, 2.45) is 5.92 Å². The van der Waals surface area contributed by atoms with Gasteiger partial charge < -0.3 is 5.11 Å². The second-order valence-electron chi connectivity index (χ2n) is 4.54. The van der Waals surface area contributed by atoms with Gasteiger partial charge in [-0.1, -0.05) is 29.8 Å². The van der Waals surface area contributed by atoms with E-state index in [0.29, 0.717) is 18.3 Å². The normalized spacial score (nSPS) is 24.6. The molecule has 15 heavy (non-hydrogen) atoms. The minimum atomic E-state index is -0.664. The topological polar surface area (TPSA) is 37.3 Å². The first-order chi connectivity index (χ1) is 7.15. The Hall–Kier alpha value is -1.31. The number of carbonyl (C=O) groups is 1. The maximum atomic E-state index is 10.5. The van der Waals surface area contributed by atoms with Crippen LogP contribution >= 0.6 is 0 Å². The van der Waals surface area contributed by atoms with Crippen molar-refractivity contribution in [3.63, 3.8) is 0 Å². The molecule has 1 aromatic carbocycles. The summed E-state index contributed by atoms with van der Waals surface area (Å²) in [5.74, 6) is 0.325. The summed E-state index contributed by atoms with van der Waals surface area (Å²) >= 11 is 0. The van der Waals surface area contributed by atoms with E-state index in [1.165, 1.54) is 11.1 Å². The molecule has 1 aromatic rings. The zero-order valence-corrected chi connectivity index (χ0v) is 8.94. The van der Waals surface area contributed by atoms with E-state index < -0.39 is 5.97 Å². The van der Waals surface area contributed by atoms with Crippen molar-refractivity contribution in [3.8, 4) is 0 Å². The van der Waals surface area contributed by atoms with Crippen molar-refractivity contribution < 1.29 is 9.90 Å². The molecule has 0 unspecified atom stereocenters. The molecule has 1 aliphatic carbocycles. The Kier molecular flexibility index (Phi) is 2.76. The van der Waals surface area contributed by atoms with Crippen molar-refractivity contribution in [3.05, 3.63) is 35.4 Å². The first-order valence-corrected chi connectivity index (χ1v) is 5.43. The molecule has 0 radical (unpaired) electrons. The predicted molar refractivity (Wildman–Crippen MR) is 58.9 cm³/mol. The number of aryl methyl sites for hydroxylation is 1. The maximum absolute atomic E-state index is 10.5. The standard InChI is InChI=1S/C13H16O2/c1-9-2-4-11(5-3-9)12-6-10(7-12)8-13(14)15/h2-5,10,12H,6-8H2,1H3,(H,14,15). The third-order valence-electron chi connectivity index (χ3n) is 3.25. The molecule has 2 rings (SSSR count). The van der Waals surface area contributed by atoms with Gasteiger partial charge in [-0.15, -0.1) is 0 Å². The van der Waals surface area contributed by atoms with Crippen LogP contribution in [0.25, 0.3) is 0 Å². The Morgan fingerprint density at radius 2 is 1.93 bits per heavy atom. The molecular weight excluding hydrogens is 188 g/mol. The van der Waals surface area contributed by atoms with Gasteiger partial charge in [-0.25, -0.2) is 0 Å². The highest BCUT2D eigenvalue weighted by Gasteiger charge is 2.31. The molecule has 0 amide bonds. The van der Waals surface area contributed by atoms with Gasteiger partial charge in [0.2, 0.25) is 0 Å². The van der Waals surface area contributed by atoms with Crippen molar-refractivity contribution in [1.29, 1.82) is 0 Å². The fourth-order valence-electron chi connectivity index (χ4n) is 2.26. The van der Waals surface area contributed by atoms with Crippen LogP contribution in [0.1, 0.15) is 36.3 Å². The third-order valence-corrected chi connectivity index (χ3v) is 3.25. The lowest BCUT2D eigenvalue weighted by molar-refractivity contribution is -0.138. The summed E-state index contributed by atoms with van der Waals surface area (Å²) < 4.78 is 0. The van der Waals surface area contributed by atoms with Crippen LogP contribution in [0, 0.1) is 12.8 Å². The first-order valence-electron chi connectivity index (χ1n) is 5.43. The second-order valence-corrected chi connectivity index (χ2v) is 4.54. The molecular formula is C13H16O2. The highest BCUT2D eigenvalue weighted by atomic mass is 16.4. The molecule has 1 aliphatic rings. The van der Waals surface area contributed by atoms with Gasteiger partial charge >= 0.3 is 5.97 Å². The monoisotopic (exact) mass is 204 g/mol. The van der Waals surface area contributed by atoms with Gasteiger partial charge in [0.15, 0.2) is 0 Å². The van der Waals surface area contributed by atoms with Gasteiger partial charge in [0, 0.05) is 6.42 Å². The van der Waals surface area contributed by atoms with E-state index in [2.05, 4.69) is 31.2 Å². The van der Waals surface area contributed by atoms with E-state index in [1.54, 1.807) is 0 Å². The number of benzene rings is 1. The zero-order valence-electron chi connectivity index (χ0n) is 8.94. The Bertz CT molecular complexity index is 347. The minimum Gasteiger partial charge on any atom is -0.481 e. The van der Waals surface area contributed by atoms with Crippen LogP contribution in [0.15, 0.2) is 24.3 Å². The van der Waals surface area contributed by atoms with Crippen molar-refractivity contribution in [1.82, 2.24) is 0 Å².